The normalized spacial score (nSPS) is 11.5. The van der Waals surface area contributed by atoms with Crippen LogP contribution in [0.4, 0.5) is 5.82 Å². The highest BCUT2D eigenvalue weighted by Crippen LogP contribution is 2.20. The van der Waals surface area contributed by atoms with E-state index in [1.807, 2.05) is 37.3 Å². The fourth-order valence-corrected chi connectivity index (χ4v) is 2.75. The number of carbonyl (C=O) groups is 2. The van der Waals surface area contributed by atoms with Crippen LogP contribution in [0.25, 0.3) is 11.3 Å². The Morgan fingerprint density at radius 3 is 2.50 bits per heavy atom. The van der Waals surface area contributed by atoms with Crippen LogP contribution >= 0.6 is 0 Å². The molecule has 1 atom stereocenters. The SMILES string of the molecule is CNC(=O)c1nc(-c2cccc(C(=O)N[C@@H](C)c3ccccc3)c2)cnc1N. The van der Waals surface area contributed by atoms with Crippen LogP contribution in [0.15, 0.2) is 60.8 Å². The maximum atomic E-state index is 12.7. The molecule has 0 aliphatic rings. The van der Waals surface area contributed by atoms with Gasteiger partial charge in [-0.25, -0.2) is 9.97 Å². The molecule has 0 saturated heterocycles. The highest BCUT2D eigenvalue weighted by Gasteiger charge is 2.15. The van der Waals surface area contributed by atoms with Gasteiger partial charge in [-0.05, 0) is 24.6 Å². The van der Waals surface area contributed by atoms with Crippen LogP contribution in [0.3, 0.4) is 0 Å². The molecule has 0 fully saturated rings. The van der Waals surface area contributed by atoms with E-state index < -0.39 is 5.91 Å². The Kier molecular flexibility index (Phi) is 5.64. The van der Waals surface area contributed by atoms with E-state index >= 15 is 0 Å². The van der Waals surface area contributed by atoms with Crippen LogP contribution in [0.2, 0.25) is 0 Å². The van der Waals surface area contributed by atoms with E-state index in [4.69, 9.17) is 5.73 Å². The summed E-state index contributed by atoms with van der Waals surface area (Å²) in [4.78, 5) is 32.9. The molecule has 0 bridgehead atoms. The number of hydrogen-bond donors (Lipinski definition) is 3. The minimum atomic E-state index is -0.419. The third-order valence-electron chi connectivity index (χ3n) is 4.31. The van der Waals surface area contributed by atoms with Crippen LogP contribution in [-0.4, -0.2) is 28.8 Å². The zero-order valence-corrected chi connectivity index (χ0v) is 15.6. The maximum Gasteiger partial charge on any atom is 0.273 e. The second-order valence-electron chi connectivity index (χ2n) is 6.25. The van der Waals surface area contributed by atoms with Crippen molar-refractivity contribution in [3.63, 3.8) is 0 Å². The van der Waals surface area contributed by atoms with Crippen molar-refractivity contribution in [2.75, 3.05) is 12.8 Å². The molecule has 4 N–H and O–H groups in total. The third-order valence-corrected chi connectivity index (χ3v) is 4.31. The Hall–Kier alpha value is -3.74. The van der Waals surface area contributed by atoms with Crippen LogP contribution in [-0.2, 0) is 0 Å². The van der Waals surface area contributed by atoms with Gasteiger partial charge in [0.2, 0.25) is 0 Å². The summed E-state index contributed by atoms with van der Waals surface area (Å²) in [6.45, 7) is 1.93. The molecule has 0 aliphatic carbocycles. The van der Waals surface area contributed by atoms with Crippen LogP contribution in [0, 0.1) is 0 Å². The van der Waals surface area contributed by atoms with Gasteiger partial charge in [-0.1, -0.05) is 42.5 Å². The van der Waals surface area contributed by atoms with E-state index in [0.717, 1.165) is 5.56 Å². The Morgan fingerprint density at radius 2 is 1.79 bits per heavy atom. The molecular formula is C21H21N5O2. The lowest BCUT2D eigenvalue weighted by molar-refractivity contribution is 0.0936. The van der Waals surface area contributed by atoms with E-state index in [1.165, 1.54) is 13.2 Å². The smallest absolute Gasteiger partial charge is 0.273 e. The van der Waals surface area contributed by atoms with Gasteiger partial charge in [-0.2, -0.15) is 0 Å². The molecule has 142 valence electrons. The minimum absolute atomic E-state index is 0.0487. The summed E-state index contributed by atoms with van der Waals surface area (Å²) in [6.07, 6.45) is 1.48. The number of nitrogens with zero attached hydrogens (tertiary/aromatic N) is 2. The van der Waals surface area contributed by atoms with Crippen molar-refractivity contribution >= 4 is 17.6 Å². The summed E-state index contributed by atoms with van der Waals surface area (Å²) >= 11 is 0. The molecule has 2 aromatic carbocycles. The monoisotopic (exact) mass is 375 g/mol. The van der Waals surface area contributed by atoms with Gasteiger partial charge in [0.1, 0.15) is 0 Å². The third kappa shape index (κ3) is 4.15. The van der Waals surface area contributed by atoms with Gasteiger partial charge in [0.15, 0.2) is 11.5 Å². The molecule has 0 radical (unpaired) electrons. The lowest BCUT2D eigenvalue weighted by Crippen LogP contribution is -2.26. The molecule has 28 heavy (non-hydrogen) atoms. The summed E-state index contributed by atoms with van der Waals surface area (Å²) in [5.41, 5.74) is 8.41. The van der Waals surface area contributed by atoms with E-state index in [0.29, 0.717) is 16.8 Å². The van der Waals surface area contributed by atoms with Crippen molar-refractivity contribution in [1.29, 1.82) is 0 Å². The van der Waals surface area contributed by atoms with E-state index in [2.05, 4.69) is 20.6 Å². The minimum Gasteiger partial charge on any atom is -0.382 e. The quantitative estimate of drug-likeness (QED) is 0.635. The molecule has 7 heteroatoms. The van der Waals surface area contributed by atoms with Crippen molar-refractivity contribution in [2.45, 2.75) is 13.0 Å². The van der Waals surface area contributed by atoms with Gasteiger partial charge in [0.05, 0.1) is 17.9 Å². The first kappa shape index (κ1) is 19.0. The van der Waals surface area contributed by atoms with Gasteiger partial charge in [-0.3, -0.25) is 9.59 Å². The predicted octanol–water partition coefficient (Wildman–Crippen LogP) is 2.58. The first-order valence-corrected chi connectivity index (χ1v) is 8.80. The lowest BCUT2D eigenvalue weighted by Gasteiger charge is -2.14. The van der Waals surface area contributed by atoms with Crippen molar-refractivity contribution < 1.29 is 9.59 Å². The average molecular weight is 375 g/mol. The molecular weight excluding hydrogens is 354 g/mol. The van der Waals surface area contributed by atoms with Crippen molar-refractivity contribution in [3.05, 3.63) is 77.6 Å². The predicted molar refractivity (Wildman–Crippen MR) is 108 cm³/mol. The summed E-state index contributed by atoms with van der Waals surface area (Å²) in [6, 6.07) is 16.6. The molecule has 0 saturated carbocycles. The Bertz CT molecular complexity index is 1000. The highest BCUT2D eigenvalue weighted by atomic mass is 16.2. The zero-order chi connectivity index (χ0) is 20.1. The number of carbonyl (C=O) groups excluding carboxylic acids is 2. The van der Waals surface area contributed by atoms with Crippen molar-refractivity contribution in [2.24, 2.45) is 0 Å². The summed E-state index contributed by atoms with van der Waals surface area (Å²) in [5, 5.41) is 5.46. The van der Waals surface area contributed by atoms with Gasteiger partial charge < -0.3 is 16.4 Å². The lowest BCUT2D eigenvalue weighted by atomic mass is 10.1. The van der Waals surface area contributed by atoms with Crippen LogP contribution in [0.1, 0.15) is 39.4 Å². The van der Waals surface area contributed by atoms with Crippen LogP contribution in [0.5, 0.6) is 0 Å². The number of rotatable bonds is 5. The molecule has 3 aromatic rings. The van der Waals surface area contributed by atoms with E-state index in [1.54, 1.807) is 24.3 Å². The Labute approximate surface area is 163 Å². The summed E-state index contributed by atoms with van der Waals surface area (Å²) in [5.74, 6) is -0.570. The molecule has 0 aliphatic heterocycles. The van der Waals surface area contributed by atoms with Gasteiger partial charge >= 0.3 is 0 Å². The number of hydrogen-bond acceptors (Lipinski definition) is 5. The number of nitrogen functional groups attached to an aromatic ring is 1. The molecule has 3 rings (SSSR count). The zero-order valence-electron chi connectivity index (χ0n) is 15.6. The maximum absolute atomic E-state index is 12.7. The largest absolute Gasteiger partial charge is 0.382 e. The Morgan fingerprint density at radius 1 is 1.04 bits per heavy atom. The number of nitrogens with two attached hydrogens (primary N) is 1. The second-order valence-corrected chi connectivity index (χ2v) is 6.25. The fraction of sp³-hybridized carbons (Fsp3) is 0.143. The van der Waals surface area contributed by atoms with Crippen molar-refractivity contribution in [3.8, 4) is 11.3 Å². The second kappa shape index (κ2) is 8.30. The molecule has 0 spiro atoms. The average Bonchev–Trinajstić information content (AvgIpc) is 2.74. The van der Waals surface area contributed by atoms with Crippen LogP contribution < -0.4 is 16.4 Å². The van der Waals surface area contributed by atoms with Crippen molar-refractivity contribution in [1.82, 2.24) is 20.6 Å². The summed E-state index contributed by atoms with van der Waals surface area (Å²) in [7, 11) is 1.50. The first-order valence-electron chi connectivity index (χ1n) is 8.80. The molecule has 1 aromatic heterocycles. The Balaban J connectivity index is 1.84. The van der Waals surface area contributed by atoms with E-state index in [-0.39, 0.29) is 23.5 Å². The molecule has 0 unspecified atom stereocenters. The summed E-state index contributed by atoms with van der Waals surface area (Å²) < 4.78 is 0. The number of aromatic nitrogens is 2. The number of nitrogens with one attached hydrogen (secondary N) is 2. The molecule has 7 nitrogen and oxygen atoms in total. The van der Waals surface area contributed by atoms with Gasteiger partial charge in [-0.15, -0.1) is 0 Å². The fourth-order valence-electron chi connectivity index (χ4n) is 2.75. The molecule has 2 amide bonds. The van der Waals surface area contributed by atoms with E-state index in [9.17, 15) is 9.59 Å². The topological polar surface area (TPSA) is 110 Å². The first-order chi connectivity index (χ1) is 13.5. The van der Waals surface area contributed by atoms with Gasteiger partial charge in [0.25, 0.3) is 11.8 Å². The van der Waals surface area contributed by atoms with Gasteiger partial charge in [0, 0.05) is 18.2 Å². The standard InChI is InChI=1S/C21H21N5O2/c1-13(14-7-4-3-5-8-14)25-20(27)16-10-6-9-15(11-16)17-12-24-19(22)18(26-17)21(28)23-2/h3-13H,1-2H3,(H2,22,24)(H,23,28)(H,25,27)/t13-/m0/s1. The highest BCUT2D eigenvalue weighted by molar-refractivity contribution is 5.97. The number of benzene rings is 2. The molecule has 1 heterocycles. The number of amides is 2. The number of anilines is 1.